The summed E-state index contributed by atoms with van der Waals surface area (Å²) in [6.45, 7) is 0.398. The highest BCUT2D eigenvalue weighted by Gasteiger charge is 2.09. The Bertz CT molecular complexity index is 304. The Kier molecular flexibility index (Phi) is 3.85. The highest BCUT2D eigenvalue weighted by atomic mass is 19.1. The van der Waals surface area contributed by atoms with Gasteiger partial charge in [-0.25, -0.2) is 4.39 Å². The van der Waals surface area contributed by atoms with Gasteiger partial charge in [-0.3, -0.25) is 0 Å². The number of hydrogen-bond acceptors (Lipinski definition) is 3. The lowest BCUT2D eigenvalue weighted by molar-refractivity contribution is 0.181. The van der Waals surface area contributed by atoms with Crippen LogP contribution in [0.15, 0.2) is 18.2 Å². The summed E-state index contributed by atoms with van der Waals surface area (Å²) in [4.78, 5) is 0. The van der Waals surface area contributed by atoms with Crippen LogP contribution < -0.4 is 10.5 Å². The number of methoxy groups -OCH3 is 2. The highest BCUT2D eigenvalue weighted by Crippen LogP contribution is 2.21. The smallest absolute Gasteiger partial charge is 0.165 e. The van der Waals surface area contributed by atoms with Gasteiger partial charge in [0.15, 0.2) is 11.6 Å². The van der Waals surface area contributed by atoms with Gasteiger partial charge in [-0.2, -0.15) is 0 Å². The third-order valence-electron chi connectivity index (χ3n) is 1.95. The first-order valence-electron chi connectivity index (χ1n) is 4.27. The van der Waals surface area contributed by atoms with Gasteiger partial charge in [0.05, 0.1) is 19.8 Å². The fraction of sp³-hybridized carbons (Fsp3) is 0.400. The first-order chi connectivity index (χ1) is 6.69. The lowest BCUT2D eigenvalue weighted by Crippen LogP contribution is -2.16. The number of benzene rings is 1. The number of halogens is 1. The summed E-state index contributed by atoms with van der Waals surface area (Å²) in [6, 6.07) is 4.29. The number of hydrogen-bond donors (Lipinski definition) is 1. The molecule has 1 aromatic rings. The van der Waals surface area contributed by atoms with E-state index in [1.807, 2.05) is 0 Å². The molecule has 2 N–H and O–H groups in total. The van der Waals surface area contributed by atoms with E-state index in [9.17, 15) is 4.39 Å². The van der Waals surface area contributed by atoms with Crippen molar-refractivity contribution in [1.29, 1.82) is 0 Å². The SMILES string of the molecule is COCC(N)c1ccc(F)c(OC)c1. The summed E-state index contributed by atoms with van der Waals surface area (Å²) in [5, 5.41) is 0. The Morgan fingerprint density at radius 1 is 1.43 bits per heavy atom. The van der Waals surface area contributed by atoms with Crippen molar-refractivity contribution < 1.29 is 13.9 Å². The molecule has 0 amide bonds. The number of nitrogens with two attached hydrogens (primary N) is 1. The summed E-state index contributed by atoms with van der Waals surface area (Å²) < 4.78 is 22.8. The molecule has 1 aromatic carbocycles. The third kappa shape index (κ3) is 2.43. The fourth-order valence-electron chi connectivity index (χ4n) is 1.18. The maximum atomic E-state index is 13.0. The van der Waals surface area contributed by atoms with E-state index in [2.05, 4.69) is 0 Å². The quantitative estimate of drug-likeness (QED) is 0.798. The lowest BCUT2D eigenvalue weighted by Gasteiger charge is -2.12. The standard InChI is InChI=1S/C10H14FNO2/c1-13-6-9(12)7-3-4-8(11)10(5-7)14-2/h3-5,9H,6,12H2,1-2H3. The van der Waals surface area contributed by atoms with E-state index in [1.54, 1.807) is 19.2 Å². The summed E-state index contributed by atoms with van der Waals surface area (Å²) in [6.07, 6.45) is 0. The van der Waals surface area contributed by atoms with Crippen LogP contribution in [0.2, 0.25) is 0 Å². The Morgan fingerprint density at radius 3 is 2.71 bits per heavy atom. The van der Waals surface area contributed by atoms with E-state index >= 15 is 0 Å². The van der Waals surface area contributed by atoms with Crippen molar-refractivity contribution in [2.24, 2.45) is 5.73 Å². The lowest BCUT2D eigenvalue weighted by atomic mass is 10.1. The summed E-state index contributed by atoms with van der Waals surface area (Å²) >= 11 is 0. The highest BCUT2D eigenvalue weighted by molar-refractivity contribution is 5.32. The molecule has 0 heterocycles. The first-order valence-corrected chi connectivity index (χ1v) is 4.27. The van der Waals surface area contributed by atoms with Gasteiger partial charge in [0.2, 0.25) is 0 Å². The molecule has 14 heavy (non-hydrogen) atoms. The Morgan fingerprint density at radius 2 is 2.14 bits per heavy atom. The second-order valence-electron chi connectivity index (χ2n) is 2.96. The minimum absolute atomic E-state index is 0.203. The predicted octanol–water partition coefficient (Wildman–Crippen LogP) is 1.48. The van der Waals surface area contributed by atoms with Gasteiger partial charge in [0.25, 0.3) is 0 Å². The summed E-state index contributed by atoms with van der Waals surface area (Å²) in [5.41, 5.74) is 6.57. The Hall–Kier alpha value is -1.13. The molecule has 4 heteroatoms. The van der Waals surface area contributed by atoms with Crippen LogP contribution >= 0.6 is 0 Å². The van der Waals surface area contributed by atoms with E-state index in [-0.39, 0.29) is 17.6 Å². The molecule has 0 saturated carbocycles. The van der Waals surface area contributed by atoms with Crippen molar-refractivity contribution in [3.05, 3.63) is 29.6 Å². The summed E-state index contributed by atoms with van der Waals surface area (Å²) in [5.74, 6) is -0.185. The molecule has 0 spiro atoms. The molecule has 1 unspecified atom stereocenters. The van der Waals surface area contributed by atoms with Crippen LogP contribution in [-0.4, -0.2) is 20.8 Å². The molecule has 1 atom stereocenters. The van der Waals surface area contributed by atoms with Crippen LogP contribution in [0.5, 0.6) is 5.75 Å². The molecule has 0 aromatic heterocycles. The molecule has 0 bridgehead atoms. The first kappa shape index (κ1) is 10.9. The second-order valence-corrected chi connectivity index (χ2v) is 2.96. The van der Waals surface area contributed by atoms with Crippen LogP contribution in [-0.2, 0) is 4.74 Å². The molecular weight excluding hydrogens is 185 g/mol. The molecule has 78 valence electrons. The van der Waals surface area contributed by atoms with Gasteiger partial charge in [0.1, 0.15) is 0 Å². The predicted molar refractivity (Wildman–Crippen MR) is 51.8 cm³/mol. The number of ether oxygens (including phenoxy) is 2. The van der Waals surface area contributed by atoms with Gasteiger partial charge in [-0.15, -0.1) is 0 Å². The topological polar surface area (TPSA) is 44.5 Å². The zero-order valence-corrected chi connectivity index (χ0v) is 8.29. The van der Waals surface area contributed by atoms with Crippen LogP contribution in [0.1, 0.15) is 11.6 Å². The molecule has 0 aliphatic rings. The van der Waals surface area contributed by atoms with Gasteiger partial charge < -0.3 is 15.2 Å². The maximum Gasteiger partial charge on any atom is 0.165 e. The van der Waals surface area contributed by atoms with Gasteiger partial charge in [0, 0.05) is 7.11 Å². The monoisotopic (exact) mass is 199 g/mol. The van der Waals surface area contributed by atoms with Gasteiger partial charge >= 0.3 is 0 Å². The normalized spacial score (nSPS) is 12.6. The molecule has 0 saturated heterocycles. The van der Waals surface area contributed by atoms with Crippen molar-refractivity contribution in [3.63, 3.8) is 0 Å². The van der Waals surface area contributed by atoms with E-state index in [0.717, 1.165) is 5.56 Å². The van der Waals surface area contributed by atoms with Crippen LogP contribution in [0.25, 0.3) is 0 Å². The minimum Gasteiger partial charge on any atom is -0.494 e. The largest absolute Gasteiger partial charge is 0.494 e. The molecule has 1 rings (SSSR count). The van der Waals surface area contributed by atoms with E-state index in [4.69, 9.17) is 15.2 Å². The number of rotatable bonds is 4. The minimum atomic E-state index is -0.388. The van der Waals surface area contributed by atoms with Crippen LogP contribution in [0.4, 0.5) is 4.39 Å². The maximum absolute atomic E-state index is 13.0. The van der Waals surface area contributed by atoms with Crippen molar-refractivity contribution in [1.82, 2.24) is 0 Å². The molecular formula is C10H14FNO2. The van der Waals surface area contributed by atoms with Crippen LogP contribution in [0.3, 0.4) is 0 Å². The molecule has 0 fully saturated rings. The Labute approximate surface area is 82.6 Å². The van der Waals surface area contributed by atoms with Crippen molar-refractivity contribution in [2.75, 3.05) is 20.8 Å². The zero-order chi connectivity index (χ0) is 10.6. The van der Waals surface area contributed by atoms with Crippen LogP contribution in [0, 0.1) is 5.82 Å². The molecule has 0 aliphatic heterocycles. The Balaban J connectivity index is 2.88. The molecule has 0 aliphatic carbocycles. The fourth-order valence-corrected chi connectivity index (χ4v) is 1.18. The van der Waals surface area contributed by atoms with Gasteiger partial charge in [-0.1, -0.05) is 6.07 Å². The van der Waals surface area contributed by atoms with Gasteiger partial charge in [-0.05, 0) is 17.7 Å². The third-order valence-corrected chi connectivity index (χ3v) is 1.95. The second kappa shape index (κ2) is 4.93. The van der Waals surface area contributed by atoms with E-state index in [0.29, 0.717) is 6.61 Å². The van der Waals surface area contributed by atoms with Crippen molar-refractivity contribution in [3.8, 4) is 5.75 Å². The summed E-state index contributed by atoms with van der Waals surface area (Å²) in [7, 11) is 2.99. The van der Waals surface area contributed by atoms with Crippen molar-refractivity contribution >= 4 is 0 Å². The molecule has 3 nitrogen and oxygen atoms in total. The van der Waals surface area contributed by atoms with E-state index < -0.39 is 0 Å². The van der Waals surface area contributed by atoms with E-state index in [1.165, 1.54) is 13.2 Å². The average molecular weight is 199 g/mol. The zero-order valence-electron chi connectivity index (χ0n) is 8.29. The average Bonchev–Trinajstić information content (AvgIpc) is 2.19. The molecule has 0 radical (unpaired) electrons. The van der Waals surface area contributed by atoms with Crippen molar-refractivity contribution in [2.45, 2.75) is 6.04 Å².